The van der Waals surface area contributed by atoms with Crippen LogP contribution in [0.2, 0.25) is 5.02 Å². The van der Waals surface area contributed by atoms with Gasteiger partial charge in [-0.25, -0.2) is 13.2 Å². The quantitative estimate of drug-likeness (QED) is 0.484. The van der Waals surface area contributed by atoms with Gasteiger partial charge in [0.15, 0.2) is 6.61 Å². The number of benzene rings is 2. The maximum Gasteiger partial charge on any atom is 0.348 e. The van der Waals surface area contributed by atoms with Crippen molar-refractivity contribution in [2.24, 2.45) is 0 Å². The van der Waals surface area contributed by atoms with Gasteiger partial charge >= 0.3 is 5.97 Å². The lowest BCUT2D eigenvalue weighted by Gasteiger charge is -2.23. The fraction of sp³-hybridized carbons (Fsp3) is 0.143. The summed E-state index contributed by atoms with van der Waals surface area (Å²) in [7, 11) is -3.90. The second-order valence-corrected chi connectivity index (χ2v) is 9.47. The zero-order valence-corrected chi connectivity index (χ0v) is 18.8. The highest BCUT2D eigenvalue weighted by Crippen LogP contribution is 2.29. The van der Waals surface area contributed by atoms with Crippen LogP contribution in [-0.4, -0.2) is 33.4 Å². The standard InChI is InChI=1S/C21H19ClN2O5S2/c1-2-24(15-7-4-3-5-8-15)31(27,28)16-10-11-17(22)18(13-16)23-20(25)14-29-21(26)19-9-6-12-30-19/h3-13H,2,14H2,1H3,(H,23,25). The summed E-state index contributed by atoms with van der Waals surface area (Å²) in [5.41, 5.74) is 0.620. The first-order valence-corrected chi connectivity index (χ1v) is 11.9. The van der Waals surface area contributed by atoms with Crippen LogP contribution < -0.4 is 9.62 Å². The van der Waals surface area contributed by atoms with Crippen molar-refractivity contribution in [2.45, 2.75) is 11.8 Å². The van der Waals surface area contributed by atoms with Gasteiger partial charge in [-0.2, -0.15) is 0 Å². The van der Waals surface area contributed by atoms with Crippen molar-refractivity contribution in [1.82, 2.24) is 0 Å². The van der Waals surface area contributed by atoms with Gasteiger partial charge in [0.2, 0.25) is 0 Å². The fourth-order valence-corrected chi connectivity index (χ4v) is 5.04. The van der Waals surface area contributed by atoms with E-state index in [4.69, 9.17) is 16.3 Å². The first kappa shape index (κ1) is 22.8. The number of esters is 1. The van der Waals surface area contributed by atoms with Crippen LogP contribution in [-0.2, 0) is 19.6 Å². The maximum absolute atomic E-state index is 13.2. The van der Waals surface area contributed by atoms with Crippen LogP contribution in [0.1, 0.15) is 16.6 Å². The topological polar surface area (TPSA) is 92.8 Å². The van der Waals surface area contributed by atoms with Crippen LogP contribution in [0, 0.1) is 0 Å². The number of halogens is 1. The number of hydrogen-bond acceptors (Lipinski definition) is 6. The van der Waals surface area contributed by atoms with Crippen molar-refractivity contribution < 1.29 is 22.7 Å². The maximum atomic E-state index is 13.2. The summed E-state index contributed by atoms with van der Waals surface area (Å²) in [4.78, 5) is 24.4. The van der Waals surface area contributed by atoms with E-state index in [0.717, 1.165) is 0 Å². The molecule has 0 saturated heterocycles. The Kier molecular flexibility index (Phi) is 7.32. The molecular formula is C21H19ClN2O5S2. The Labute approximate surface area is 189 Å². The van der Waals surface area contributed by atoms with Crippen molar-refractivity contribution in [3.63, 3.8) is 0 Å². The van der Waals surface area contributed by atoms with Crippen LogP contribution in [0.3, 0.4) is 0 Å². The summed E-state index contributed by atoms with van der Waals surface area (Å²) in [6.45, 7) is 1.41. The number of carbonyl (C=O) groups excluding carboxylic acids is 2. The van der Waals surface area contributed by atoms with Gasteiger partial charge in [-0.1, -0.05) is 35.9 Å². The number of hydrogen-bond donors (Lipinski definition) is 1. The van der Waals surface area contributed by atoms with E-state index in [1.54, 1.807) is 54.8 Å². The third-order valence-electron chi connectivity index (χ3n) is 4.19. The molecule has 2 aromatic carbocycles. The van der Waals surface area contributed by atoms with Crippen molar-refractivity contribution in [3.05, 3.63) is 75.9 Å². The SMILES string of the molecule is CCN(c1ccccc1)S(=O)(=O)c1ccc(Cl)c(NC(=O)COC(=O)c2cccs2)c1. The zero-order valence-electron chi connectivity index (χ0n) is 16.4. The lowest BCUT2D eigenvalue weighted by molar-refractivity contribution is -0.119. The zero-order chi connectivity index (χ0) is 22.4. The number of rotatable bonds is 8. The molecule has 0 aliphatic rings. The van der Waals surface area contributed by atoms with Gasteiger partial charge in [-0.05, 0) is 48.7 Å². The molecule has 0 bridgehead atoms. The molecular weight excluding hydrogens is 460 g/mol. The lowest BCUT2D eigenvalue weighted by Crippen LogP contribution is -2.30. The number of nitrogens with zero attached hydrogens (tertiary/aromatic N) is 1. The molecule has 1 aromatic heterocycles. The summed E-state index contributed by atoms with van der Waals surface area (Å²) in [6.07, 6.45) is 0. The van der Waals surface area contributed by atoms with Crippen LogP contribution in [0.5, 0.6) is 0 Å². The normalized spacial score (nSPS) is 11.0. The highest BCUT2D eigenvalue weighted by atomic mass is 35.5. The molecule has 0 saturated carbocycles. The summed E-state index contributed by atoms with van der Waals surface area (Å²) >= 11 is 7.33. The molecule has 0 aliphatic carbocycles. The van der Waals surface area contributed by atoms with E-state index in [1.807, 2.05) is 0 Å². The minimum absolute atomic E-state index is 0.0338. The number of ether oxygens (including phenoxy) is 1. The number of sulfonamides is 1. The molecule has 1 N–H and O–H groups in total. The molecule has 0 atom stereocenters. The number of thiophene rings is 1. The fourth-order valence-electron chi connectivity index (χ4n) is 2.76. The molecule has 0 radical (unpaired) electrons. The molecule has 0 spiro atoms. The van der Waals surface area contributed by atoms with Gasteiger partial charge in [0.1, 0.15) is 4.88 Å². The number of anilines is 2. The smallest absolute Gasteiger partial charge is 0.348 e. The number of amides is 1. The number of para-hydroxylation sites is 1. The Hall–Kier alpha value is -2.88. The number of nitrogens with one attached hydrogen (secondary N) is 1. The molecule has 31 heavy (non-hydrogen) atoms. The van der Waals surface area contributed by atoms with E-state index < -0.39 is 28.5 Å². The van der Waals surface area contributed by atoms with Gasteiger partial charge in [-0.3, -0.25) is 9.10 Å². The van der Waals surface area contributed by atoms with Crippen LogP contribution >= 0.6 is 22.9 Å². The van der Waals surface area contributed by atoms with E-state index in [-0.39, 0.29) is 22.2 Å². The second-order valence-electron chi connectivity index (χ2n) is 6.25. The van der Waals surface area contributed by atoms with Crippen molar-refractivity contribution in [1.29, 1.82) is 0 Å². The Morgan fingerprint density at radius 1 is 1.10 bits per heavy atom. The van der Waals surface area contributed by atoms with E-state index >= 15 is 0 Å². The largest absolute Gasteiger partial charge is 0.451 e. The first-order chi connectivity index (χ1) is 14.8. The van der Waals surface area contributed by atoms with Crippen molar-refractivity contribution in [2.75, 3.05) is 22.8 Å². The average Bonchev–Trinajstić information content (AvgIpc) is 3.29. The van der Waals surface area contributed by atoms with Gasteiger partial charge < -0.3 is 10.1 Å². The molecule has 0 fully saturated rings. The summed E-state index contributed by atoms with van der Waals surface area (Å²) in [5, 5.41) is 4.36. The predicted molar refractivity (Wildman–Crippen MR) is 121 cm³/mol. The Morgan fingerprint density at radius 3 is 2.48 bits per heavy atom. The van der Waals surface area contributed by atoms with Crippen molar-refractivity contribution >= 4 is 56.2 Å². The molecule has 3 aromatic rings. The Morgan fingerprint density at radius 2 is 1.84 bits per heavy atom. The monoisotopic (exact) mass is 478 g/mol. The van der Waals surface area contributed by atoms with E-state index in [9.17, 15) is 18.0 Å². The minimum Gasteiger partial charge on any atom is -0.451 e. The summed E-state index contributed by atoms with van der Waals surface area (Å²) < 4.78 is 32.5. The van der Waals surface area contributed by atoms with E-state index in [1.165, 1.54) is 33.8 Å². The molecule has 0 unspecified atom stereocenters. The second kappa shape index (κ2) is 9.95. The van der Waals surface area contributed by atoms with Crippen molar-refractivity contribution in [3.8, 4) is 0 Å². The Bertz CT molecular complexity index is 1170. The first-order valence-electron chi connectivity index (χ1n) is 9.20. The predicted octanol–water partition coefficient (Wildman–Crippen LogP) is 4.41. The number of carbonyl (C=O) groups is 2. The molecule has 3 rings (SSSR count). The van der Waals surface area contributed by atoms with Crippen LogP contribution in [0.15, 0.2) is 70.9 Å². The molecule has 162 valence electrons. The summed E-state index contributed by atoms with van der Waals surface area (Å²) in [5.74, 6) is -1.26. The third kappa shape index (κ3) is 5.43. The molecule has 0 aliphatic heterocycles. The summed E-state index contributed by atoms with van der Waals surface area (Å²) in [6, 6.07) is 16.0. The minimum atomic E-state index is -3.90. The third-order valence-corrected chi connectivity index (χ3v) is 7.27. The molecule has 1 heterocycles. The van der Waals surface area contributed by atoms with Gasteiger partial charge in [0.25, 0.3) is 15.9 Å². The van der Waals surface area contributed by atoms with E-state index in [0.29, 0.717) is 10.6 Å². The average molecular weight is 479 g/mol. The highest BCUT2D eigenvalue weighted by Gasteiger charge is 2.24. The highest BCUT2D eigenvalue weighted by molar-refractivity contribution is 7.92. The Balaban J connectivity index is 1.76. The van der Waals surface area contributed by atoms with E-state index in [2.05, 4.69) is 5.32 Å². The molecule has 7 nitrogen and oxygen atoms in total. The molecule has 10 heteroatoms. The van der Waals surface area contributed by atoms with Gasteiger partial charge in [0.05, 0.1) is 21.3 Å². The van der Waals surface area contributed by atoms with Gasteiger partial charge in [0, 0.05) is 6.54 Å². The van der Waals surface area contributed by atoms with Crippen LogP contribution in [0.4, 0.5) is 11.4 Å². The van der Waals surface area contributed by atoms with Gasteiger partial charge in [-0.15, -0.1) is 11.3 Å². The molecule has 1 amide bonds. The lowest BCUT2D eigenvalue weighted by atomic mass is 10.3. The van der Waals surface area contributed by atoms with Crippen LogP contribution in [0.25, 0.3) is 0 Å².